The van der Waals surface area contributed by atoms with Gasteiger partial charge in [-0.1, -0.05) is 19.3 Å². The highest BCUT2D eigenvalue weighted by Gasteiger charge is 2.23. The van der Waals surface area contributed by atoms with Gasteiger partial charge in [-0.2, -0.15) is 0 Å². The summed E-state index contributed by atoms with van der Waals surface area (Å²) < 4.78 is 14.1. The number of halogens is 1. The van der Waals surface area contributed by atoms with E-state index in [-0.39, 0.29) is 5.69 Å². The molecule has 3 rings (SSSR count). The standard InChI is InChI=1S/C19H28FN3O2/c20-18-14-17(23(24)25)4-5-19(18)22-12-8-16(9-13-22)3-1-2-15-6-10-21-11-7-15/h4-5,14-16,21H,1-3,6-13H2. The van der Waals surface area contributed by atoms with Gasteiger partial charge in [0.05, 0.1) is 16.7 Å². The molecule has 2 saturated heterocycles. The number of hydrogen-bond donors (Lipinski definition) is 1. The van der Waals surface area contributed by atoms with Gasteiger partial charge in [-0.05, 0) is 56.7 Å². The Kier molecular flexibility index (Phi) is 6.24. The van der Waals surface area contributed by atoms with Crippen LogP contribution in [0.25, 0.3) is 0 Å². The number of rotatable bonds is 6. The summed E-state index contributed by atoms with van der Waals surface area (Å²) in [4.78, 5) is 12.2. The van der Waals surface area contributed by atoms with Gasteiger partial charge < -0.3 is 10.2 Å². The first-order valence-corrected chi connectivity index (χ1v) is 9.53. The SMILES string of the molecule is O=[N+]([O-])c1ccc(N2CCC(CCCC3CCNCC3)CC2)c(F)c1. The van der Waals surface area contributed by atoms with Crippen LogP contribution in [0.15, 0.2) is 18.2 Å². The van der Waals surface area contributed by atoms with Crippen molar-refractivity contribution in [3.8, 4) is 0 Å². The molecule has 0 spiro atoms. The summed E-state index contributed by atoms with van der Waals surface area (Å²) in [6.07, 6.45) is 8.74. The third-order valence-corrected chi connectivity index (χ3v) is 5.78. The van der Waals surface area contributed by atoms with E-state index in [1.54, 1.807) is 6.07 Å². The summed E-state index contributed by atoms with van der Waals surface area (Å²) in [7, 11) is 0. The predicted molar refractivity (Wildman–Crippen MR) is 97.4 cm³/mol. The number of benzene rings is 1. The van der Waals surface area contributed by atoms with Crippen LogP contribution in [-0.4, -0.2) is 31.1 Å². The lowest BCUT2D eigenvalue weighted by atomic mass is 9.87. The van der Waals surface area contributed by atoms with E-state index in [0.717, 1.165) is 43.8 Å². The van der Waals surface area contributed by atoms with Crippen LogP contribution in [0.3, 0.4) is 0 Å². The first-order valence-electron chi connectivity index (χ1n) is 9.53. The molecule has 1 aromatic carbocycles. The van der Waals surface area contributed by atoms with Gasteiger partial charge in [0.1, 0.15) is 0 Å². The summed E-state index contributed by atoms with van der Waals surface area (Å²) in [6.45, 7) is 4.02. The fourth-order valence-corrected chi connectivity index (χ4v) is 4.19. The third kappa shape index (κ3) is 4.91. The molecule has 2 aliphatic rings. The van der Waals surface area contributed by atoms with Crippen LogP contribution >= 0.6 is 0 Å². The number of non-ortho nitro benzene ring substituents is 1. The number of hydrogen-bond acceptors (Lipinski definition) is 4. The Labute approximate surface area is 148 Å². The van der Waals surface area contributed by atoms with Crippen LogP contribution < -0.4 is 10.2 Å². The van der Waals surface area contributed by atoms with E-state index in [0.29, 0.717) is 5.69 Å². The number of nitrogens with zero attached hydrogens (tertiary/aromatic N) is 2. The zero-order chi connectivity index (χ0) is 17.6. The van der Waals surface area contributed by atoms with E-state index >= 15 is 0 Å². The molecule has 0 atom stereocenters. The Morgan fingerprint density at radius 2 is 1.76 bits per heavy atom. The number of nitro groups is 1. The minimum Gasteiger partial charge on any atom is -0.369 e. The van der Waals surface area contributed by atoms with Crippen molar-refractivity contribution in [2.45, 2.75) is 44.9 Å². The number of nitrogens with one attached hydrogen (secondary N) is 1. The highest BCUT2D eigenvalue weighted by Crippen LogP contribution is 2.30. The normalized spacial score (nSPS) is 20.0. The second-order valence-electron chi connectivity index (χ2n) is 7.45. The Morgan fingerprint density at radius 1 is 1.12 bits per heavy atom. The van der Waals surface area contributed by atoms with Crippen LogP contribution in [0.1, 0.15) is 44.9 Å². The highest BCUT2D eigenvalue weighted by atomic mass is 19.1. The maximum absolute atomic E-state index is 14.1. The molecule has 0 aromatic heterocycles. The average Bonchev–Trinajstić information content (AvgIpc) is 2.63. The maximum atomic E-state index is 14.1. The van der Waals surface area contributed by atoms with Crippen molar-refractivity contribution in [2.24, 2.45) is 11.8 Å². The number of anilines is 1. The van der Waals surface area contributed by atoms with E-state index in [9.17, 15) is 14.5 Å². The fraction of sp³-hybridized carbons (Fsp3) is 0.684. The molecule has 0 aliphatic carbocycles. The molecular weight excluding hydrogens is 321 g/mol. The van der Waals surface area contributed by atoms with Gasteiger partial charge in [-0.15, -0.1) is 0 Å². The Hall–Kier alpha value is -1.69. The number of nitro benzene ring substituents is 1. The quantitative estimate of drug-likeness (QED) is 0.620. The second-order valence-corrected chi connectivity index (χ2v) is 7.45. The molecule has 5 nitrogen and oxygen atoms in total. The minimum absolute atomic E-state index is 0.186. The molecule has 25 heavy (non-hydrogen) atoms. The van der Waals surface area contributed by atoms with E-state index in [1.165, 1.54) is 51.3 Å². The van der Waals surface area contributed by atoms with Gasteiger partial charge >= 0.3 is 0 Å². The van der Waals surface area contributed by atoms with E-state index < -0.39 is 10.7 Å². The van der Waals surface area contributed by atoms with Gasteiger partial charge in [-0.3, -0.25) is 10.1 Å². The highest BCUT2D eigenvalue weighted by molar-refractivity contribution is 5.52. The van der Waals surface area contributed by atoms with Crippen molar-refractivity contribution in [1.29, 1.82) is 0 Å². The predicted octanol–water partition coefficient (Wildman–Crippen LogP) is 4.12. The first kappa shape index (κ1) is 18.1. The van der Waals surface area contributed by atoms with E-state index in [2.05, 4.69) is 5.32 Å². The summed E-state index contributed by atoms with van der Waals surface area (Å²) >= 11 is 0. The molecule has 1 N–H and O–H groups in total. The lowest BCUT2D eigenvalue weighted by Crippen LogP contribution is -2.34. The molecule has 2 aliphatic heterocycles. The van der Waals surface area contributed by atoms with Gasteiger partial charge in [0, 0.05) is 19.2 Å². The van der Waals surface area contributed by atoms with Crippen LogP contribution in [-0.2, 0) is 0 Å². The summed E-state index contributed by atoms with van der Waals surface area (Å²) in [5, 5.41) is 14.1. The Morgan fingerprint density at radius 3 is 2.36 bits per heavy atom. The Bertz CT molecular complexity index is 582. The van der Waals surface area contributed by atoms with Gasteiger partial charge in [-0.25, -0.2) is 4.39 Å². The van der Waals surface area contributed by atoms with Crippen molar-refractivity contribution < 1.29 is 9.31 Å². The fourth-order valence-electron chi connectivity index (χ4n) is 4.19. The van der Waals surface area contributed by atoms with Crippen molar-refractivity contribution in [1.82, 2.24) is 5.32 Å². The summed E-state index contributed by atoms with van der Waals surface area (Å²) in [5.74, 6) is 1.15. The molecule has 1 aromatic rings. The van der Waals surface area contributed by atoms with Crippen LogP contribution in [0.5, 0.6) is 0 Å². The maximum Gasteiger partial charge on any atom is 0.272 e. The van der Waals surface area contributed by atoms with Crippen molar-refractivity contribution in [3.63, 3.8) is 0 Å². The topological polar surface area (TPSA) is 58.4 Å². The molecule has 0 amide bonds. The molecule has 0 bridgehead atoms. The third-order valence-electron chi connectivity index (χ3n) is 5.78. The Balaban J connectivity index is 1.43. The van der Waals surface area contributed by atoms with Crippen molar-refractivity contribution in [3.05, 3.63) is 34.1 Å². The van der Waals surface area contributed by atoms with Gasteiger partial charge in [0.25, 0.3) is 5.69 Å². The zero-order valence-electron chi connectivity index (χ0n) is 14.8. The lowest BCUT2D eigenvalue weighted by Gasteiger charge is -2.34. The molecule has 2 heterocycles. The monoisotopic (exact) mass is 349 g/mol. The molecule has 0 unspecified atom stereocenters. The van der Waals surface area contributed by atoms with Crippen molar-refractivity contribution >= 4 is 11.4 Å². The molecule has 0 radical (unpaired) electrons. The molecule has 138 valence electrons. The summed E-state index contributed by atoms with van der Waals surface area (Å²) in [5.41, 5.74) is 0.313. The average molecular weight is 349 g/mol. The minimum atomic E-state index is -0.554. The smallest absolute Gasteiger partial charge is 0.272 e. The zero-order valence-corrected chi connectivity index (χ0v) is 14.8. The molecule has 0 saturated carbocycles. The molecular formula is C19H28FN3O2. The van der Waals surface area contributed by atoms with E-state index in [1.807, 2.05) is 4.90 Å². The first-order chi connectivity index (χ1) is 12.1. The van der Waals surface area contributed by atoms with Gasteiger partial charge in [0.15, 0.2) is 5.82 Å². The summed E-state index contributed by atoms with van der Waals surface area (Å²) in [6, 6.07) is 3.97. The van der Waals surface area contributed by atoms with Crippen LogP contribution in [0.4, 0.5) is 15.8 Å². The largest absolute Gasteiger partial charge is 0.369 e. The van der Waals surface area contributed by atoms with Gasteiger partial charge in [0.2, 0.25) is 0 Å². The molecule has 6 heteroatoms. The second kappa shape index (κ2) is 8.61. The van der Waals surface area contributed by atoms with Crippen molar-refractivity contribution in [2.75, 3.05) is 31.1 Å². The van der Waals surface area contributed by atoms with Crippen LogP contribution in [0.2, 0.25) is 0 Å². The van der Waals surface area contributed by atoms with E-state index in [4.69, 9.17) is 0 Å². The van der Waals surface area contributed by atoms with Crippen LogP contribution in [0, 0.1) is 27.8 Å². The molecule has 2 fully saturated rings. The lowest BCUT2D eigenvalue weighted by molar-refractivity contribution is -0.385. The number of piperidine rings is 2.